The molecule has 0 spiro atoms. The zero-order valence-electron chi connectivity index (χ0n) is 25.7. The van der Waals surface area contributed by atoms with Crippen LogP contribution in [0.2, 0.25) is 0 Å². The van der Waals surface area contributed by atoms with Gasteiger partial charge in [0.2, 0.25) is 0 Å². The van der Waals surface area contributed by atoms with Gasteiger partial charge in [0.1, 0.15) is 0 Å². The molecule has 0 radical (unpaired) electrons. The number of hydrogen-bond acceptors (Lipinski definition) is 0. The molecule has 216 valence electrons. The highest BCUT2D eigenvalue weighted by molar-refractivity contribution is 6.13. The van der Waals surface area contributed by atoms with E-state index in [-0.39, 0.29) is 5.92 Å². The van der Waals surface area contributed by atoms with Crippen LogP contribution in [0.25, 0.3) is 54.8 Å². The van der Waals surface area contributed by atoms with Gasteiger partial charge < -0.3 is 4.57 Å². The van der Waals surface area contributed by atoms with E-state index in [4.69, 9.17) is 0 Å². The second kappa shape index (κ2) is 11.3. The molecule has 1 heteroatoms. The maximum absolute atomic E-state index is 2.36. The van der Waals surface area contributed by atoms with Crippen molar-refractivity contribution < 1.29 is 0 Å². The molecule has 1 aromatic heterocycles. The first-order chi connectivity index (χ1) is 22.1. The first-order valence-electron chi connectivity index (χ1n) is 15.9. The van der Waals surface area contributed by atoms with Crippen molar-refractivity contribution in [1.29, 1.82) is 0 Å². The van der Waals surface area contributed by atoms with Crippen molar-refractivity contribution >= 4 is 32.6 Å². The fraction of sp³-hybridized carbons (Fsp3) is 0.0909. The van der Waals surface area contributed by atoms with Crippen LogP contribution in [0, 0.1) is 0 Å². The van der Waals surface area contributed by atoms with E-state index in [0.29, 0.717) is 5.92 Å². The van der Waals surface area contributed by atoms with Crippen LogP contribution >= 0.6 is 0 Å². The highest BCUT2D eigenvalue weighted by atomic mass is 14.9. The average Bonchev–Trinajstić information content (AvgIpc) is 3.38. The fourth-order valence-electron chi connectivity index (χ4n) is 7.18. The van der Waals surface area contributed by atoms with Gasteiger partial charge in [-0.1, -0.05) is 153 Å². The van der Waals surface area contributed by atoms with Crippen LogP contribution in [0.5, 0.6) is 0 Å². The Balaban J connectivity index is 1.13. The molecule has 0 N–H and O–H groups in total. The minimum atomic E-state index is 0.254. The molecular weight excluding hydrogens is 542 g/mol. The number of aromatic nitrogens is 1. The Hall–Kier alpha value is -5.40. The number of rotatable bonds is 6. The molecule has 0 aliphatic rings. The van der Waals surface area contributed by atoms with E-state index < -0.39 is 0 Å². The molecule has 45 heavy (non-hydrogen) atoms. The lowest BCUT2D eigenvalue weighted by Crippen LogP contribution is -2.10. The average molecular weight is 578 g/mol. The minimum absolute atomic E-state index is 0.254. The molecule has 0 bridgehead atoms. The minimum Gasteiger partial charge on any atom is -0.344 e. The Morgan fingerprint density at radius 2 is 0.889 bits per heavy atom. The summed E-state index contributed by atoms with van der Waals surface area (Å²) in [5.41, 5.74) is 11.5. The molecule has 0 amide bonds. The van der Waals surface area contributed by atoms with Gasteiger partial charge >= 0.3 is 0 Å². The van der Waals surface area contributed by atoms with Gasteiger partial charge in [0.05, 0.1) is 0 Å². The molecule has 1 nitrogen and oxygen atoms in total. The first kappa shape index (κ1) is 27.2. The normalized spacial score (nSPS) is 12.9. The zero-order chi connectivity index (χ0) is 30.3. The van der Waals surface area contributed by atoms with Crippen LogP contribution in [0.4, 0.5) is 0 Å². The number of benzene rings is 7. The molecule has 7 aromatic carbocycles. The molecule has 2 atom stereocenters. The number of hydrogen-bond donors (Lipinski definition) is 0. The third-order valence-corrected chi connectivity index (χ3v) is 9.68. The molecule has 1 heterocycles. The SMILES string of the molecule is CC(c1ccc(-c2ccc3c4cc5ccccc5cc4n(C)c3c2)cc1)C(c1ccccc1)c1ccc(-c2ccccc2)cc1. The van der Waals surface area contributed by atoms with E-state index in [1.165, 1.54) is 71.5 Å². The summed E-state index contributed by atoms with van der Waals surface area (Å²) in [5.74, 6) is 0.559. The summed E-state index contributed by atoms with van der Waals surface area (Å²) in [7, 11) is 2.18. The van der Waals surface area contributed by atoms with Crippen LogP contribution in [0.1, 0.15) is 35.4 Å². The molecular formula is C44H35N. The lowest BCUT2D eigenvalue weighted by molar-refractivity contribution is 0.658. The van der Waals surface area contributed by atoms with Crippen molar-refractivity contribution in [2.24, 2.45) is 7.05 Å². The third kappa shape index (κ3) is 4.91. The predicted molar refractivity (Wildman–Crippen MR) is 192 cm³/mol. The quantitative estimate of drug-likeness (QED) is 0.185. The summed E-state index contributed by atoms with van der Waals surface area (Å²) in [4.78, 5) is 0. The topological polar surface area (TPSA) is 4.93 Å². The largest absolute Gasteiger partial charge is 0.344 e. The van der Waals surface area contributed by atoms with Crippen LogP contribution in [-0.4, -0.2) is 4.57 Å². The van der Waals surface area contributed by atoms with Gasteiger partial charge in [0.15, 0.2) is 0 Å². The lowest BCUT2D eigenvalue weighted by atomic mass is 9.78. The second-order valence-corrected chi connectivity index (χ2v) is 12.3. The number of fused-ring (bicyclic) bond motifs is 4. The number of nitrogens with zero attached hydrogens (tertiary/aromatic N) is 1. The molecule has 0 saturated carbocycles. The summed E-state index contributed by atoms with van der Waals surface area (Å²) in [5, 5.41) is 5.18. The first-order valence-corrected chi connectivity index (χ1v) is 15.9. The van der Waals surface area contributed by atoms with Gasteiger partial charge in [-0.25, -0.2) is 0 Å². The predicted octanol–water partition coefficient (Wildman–Crippen LogP) is 11.8. The van der Waals surface area contributed by atoms with Crippen LogP contribution in [-0.2, 0) is 7.05 Å². The van der Waals surface area contributed by atoms with E-state index >= 15 is 0 Å². The summed E-state index contributed by atoms with van der Waals surface area (Å²) < 4.78 is 2.34. The van der Waals surface area contributed by atoms with Crippen LogP contribution in [0.3, 0.4) is 0 Å². The Morgan fingerprint density at radius 1 is 0.400 bits per heavy atom. The van der Waals surface area contributed by atoms with Gasteiger partial charge in [-0.2, -0.15) is 0 Å². The summed E-state index contributed by atoms with van der Waals surface area (Å²) in [6, 6.07) is 60.2. The van der Waals surface area contributed by atoms with Gasteiger partial charge in [-0.15, -0.1) is 0 Å². The van der Waals surface area contributed by atoms with Crippen LogP contribution in [0.15, 0.2) is 164 Å². The molecule has 2 unspecified atom stereocenters. The Bertz CT molecular complexity index is 2260. The van der Waals surface area contributed by atoms with Crippen LogP contribution < -0.4 is 0 Å². The molecule has 0 aliphatic heterocycles. The molecule has 8 aromatic rings. The van der Waals surface area contributed by atoms with Crippen molar-refractivity contribution in [2.75, 3.05) is 0 Å². The zero-order valence-corrected chi connectivity index (χ0v) is 25.7. The van der Waals surface area contributed by atoms with Gasteiger partial charge in [-0.3, -0.25) is 0 Å². The molecule has 8 rings (SSSR count). The van der Waals surface area contributed by atoms with Crippen molar-refractivity contribution in [3.8, 4) is 22.3 Å². The molecule has 0 saturated heterocycles. The monoisotopic (exact) mass is 577 g/mol. The number of aryl methyl sites for hydroxylation is 1. The maximum atomic E-state index is 2.36. The van der Waals surface area contributed by atoms with Crippen molar-refractivity contribution in [1.82, 2.24) is 4.57 Å². The third-order valence-electron chi connectivity index (χ3n) is 9.68. The summed E-state index contributed by atoms with van der Waals surface area (Å²) >= 11 is 0. The summed E-state index contributed by atoms with van der Waals surface area (Å²) in [6.07, 6.45) is 0. The maximum Gasteiger partial charge on any atom is 0.0495 e. The smallest absolute Gasteiger partial charge is 0.0495 e. The van der Waals surface area contributed by atoms with Gasteiger partial charge in [0.25, 0.3) is 0 Å². The van der Waals surface area contributed by atoms with Gasteiger partial charge in [0, 0.05) is 34.8 Å². The Morgan fingerprint density at radius 3 is 1.58 bits per heavy atom. The van der Waals surface area contributed by atoms with E-state index in [1.54, 1.807) is 0 Å². The van der Waals surface area contributed by atoms with E-state index in [2.05, 4.69) is 182 Å². The van der Waals surface area contributed by atoms with Crippen molar-refractivity contribution in [3.05, 3.63) is 180 Å². The summed E-state index contributed by atoms with van der Waals surface area (Å²) in [6.45, 7) is 2.36. The highest BCUT2D eigenvalue weighted by Gasteiger charge is 2.23. The second-order valence-electron chi connectivity index (χ2n) is 12.3. The van der Waals surface area contributed by atoms with Gasteiger partial charge in [-0.05, 0) is 73.8 Å². The van der Waals surface area contributed by atoms with E-state index in [9.17, 15) is 0 Å². The van der Waals surface area contributed by atoms with Crippen molar-refractivity contribution in [3.63, 3.8) is 0 Å². The standard InChI is InChI=1S/C44H35N/c1-30(44(35-13-7-4-8-14-35)36-23-21-33(22-24-36)32-11-5-3-6-12-32)31-17-19-34(20-18-31)39-25-26-40-41-27-37-15-9-10-16-38(37)28-43(41)45(2)42(40)29-39/h3-30,44H,1-2H3. The fourth-order valence-corrected chi connectivity index (χ4v) is 7.18. The van der Waals surface area contributed by atoms with Crippen molar-refractivity contribution in [2.45, 2.75) is 18.8 Å². The van der Waals surface area contributed by atoms with E-state index in [1.807, 2.05) is 0 Å². The molecule has 0 fully saturated rings. The highest BCUT2D eigenvalue weighted by Crippen LogP contribution is 2.40. The Labute approximate surface area is 265 Å². The molecule has 0 aliphatic carbocycles. The lowest BCUT2D eigenvalue weighted by Gasteiger charge is -2.26. The van der Waals surface area contributed by atoms with E-state index in [0.717, 1.165) is 0 Å². The Kier molecular flexibility index (Phi) is 6.80.